The average Bonchev–Trinajstić information content (AvgIpc) is 3.00. The van der Waals surface area contributed by atoms with Crippen LogP contribution in [0.25, 0.3) is 11.2 Å². The minimum absolute atomic E-state index is 0.0181. The van der Waals surface area contributed by atoms with Gasteiger partial charge in [0, 0.05) is 0 Å². The van der Waals surface area contributed by atoms with Gasteiger partial charge in [-0.3, -0.25) is 14.3 Å². The minimum Gasteiger partial charge on any atom is -0.386 e. The number of aliphatic hydroxyl groups excluding tert-OH is 1. The Kier molecular flexibility index (Phi) is 4.82. The molecule has 1 fully saturated rings. The normalized spacial score (nSPS) is 26.8. The first-order chi connectivity index (χ1) is 12.4. The van der Waals surface area contributed by atoms with Crippen molar-refractivity contribution in [2.75, 3.05) is 5.73 Å². The second-order valence-electron chi connectivity index (χ2n) is 9.29. The Hall–Kier alpha value is -1.97. The Labute approximate surface area is 157 Å². The zero-order valence-electron chi connectivity index (χ0n) is 16.7. The van der Waals surface area contributed by atoms with E-state index in [0.29, 0.717) is 6.42 Å². The van der Waals surface area contributed by atoms with E-state index in [9.17, 15) is 9.90 Å². The summed E-state index contributed by atoms with van der Waals surface area (Å²) in [7, 11) is 0. The van der Waals surface area contributed by atoms with Gasteiger partial charge in [-0.25, -0.2) is 4.98 Å². The smallest absolute Gasteiger partial charge is 0.280 e. The van der Waals surface area contributed by atoms with Crippen LogP contribution in [0, 0.1) is 5.41 Å². The molecule has 0 saturated carbocycles. The highest BCUT2D eigenvalue weighted by Crippen LogP contribution is 2.39. The van der Waals surface area contributed by atoms with Gasteiger partial charge in [0.1, 0.15) is 12.2 Å². The molecule has 1 aliphatic rings. The molecule has 0 bridgehead atoms. The van der Waals surface area contributed by atoms with E-state index in [1.807, 2.05) is 20.8 Å². The summed E-state index contributed by atoms with van der Waals surface area (Å²) in [5.41, 5.74) is 5.19. The Balaban J connectivity index is 2.00. The summed E-state index contributed by atoms with van der Waals surface area (Å²) in [6.07, 6.45) is -0.426. The monoisotopic (exact) mass is 379 g/mol. The number of fused-ring (bicyclic) bond motifs is 1. The third kappa shape index (κ3) is 4.15. The van der Waals surface area contributed by atoms with Crippen LogP contribution in [-0.4, -0.2) is 48.5 Å². The van der Waals surface area contributed by atoms with Gasteiger partial charge in [0.25, 0.3) is 5.56 Å². The van der Waals surface area contributed by atoms with Gasteiger partial charge in [0.05, 0.1) is 18.0 Å². The van der Waals surface area contributed by atoms with Crippen molar-refractivity contribution in [3.8, 4) is 0 Å². The summed E-state index contributed by atoms with van der Waals surface area (Å²) < 4.78 is 13.9. The topological polar surface area (TPSA) is 128 Å². The summed E-state index contributed by atoms with van der Waals surface area (Å²) in [6.45, 7) is 12.1. The van der Waals surface area contributed by atoms with Crippen LogP contribution >= 0.6 is 0 Å². The van der Waals surface area contributed by atoms with Crippen LogP contribution < -0.4 is 11.3 Å². The number of imidazole rings is 1. The van der Waals surface area contributed by atoms with Crippen LogP contribution in [-0.2, 0) is 9.47 Å². The van der Waals surface area contributed by atoms with Crippen molar-refractivity contribution in [3.63, 3.8) is 0 Å². The van der Waals surface area contributed by atoms with E-state index in [4.69, 9.17) is 15.2 Å². The molecule has 9 nitrogen and oxygen atoms in total. The molecule has 3 heterocycles. The molecule has 0 aromatic carbocycles. The highest BCUT2D eigenvalue weighted by molar-refractivity contribution is 5.70. The largest absolute Gasteiger partial charge is 0.386 e. The molecule has 3 rings (SSSR count). The average molecular weight is 379 g/mol. The maximum absolute atomic E-state index is 12.0. The Morgan fingerprint density at radius 2 is 2.00 bits per heavy atom. The van der Waals surface area contributed by atoms with Crippen LogP contribution in [0.15, 0.2) is 11.1 Å². The summed E-state index contributed by atoms with van der Waals surface area (Å²) in [5, 5.41) is 11.0. The molecule has 1 unspecified atom stereocenters. The van der Waals surface area contributed by atoms with E-state index in [0.717, 1.165) is 0 Å². The molecule has 1 saturated heterocycles. The minimum atomic E-state index is -0.948. The number of anilines is 1. The van der Waals surface area contributed by atoms with Gasteiger partial charge < -0.3 is 20.3 Å². The van der Waals surface area contributed by atoms with Crippen molar-refractivity contribution in [1.82, 2.24) is 19.5 Å². The molecule has 0 radical (unpaired) electrons. The molecule has 0 aliphatic carbocycles. The molecule has 150 valence electrons. The van der Waals surface area contributed by atoms with E-state index >= 15 is 0 Å². The summed E-state index contributed by atoms with van der Waals surface area (Å²) >= 11 is 0. The zero-order chi connectivity index (χ0) is 20.1. The van der Waals surface area contributed by atoms with Gasteiger partial charge in [0.2, 0.25) is 5.95 Å². The lowest BCUT2D eigenvalue weighted by atomic mass is 9.87. The first kappa shape index (κ1) is 19.8. The van der Waals surface area contributed by atoms with Crippen molar-refractivity contribution in [2.45, 2.75) is 78.1 Å². The SMILES string of the molecule is CC(C)(C)C[C@H]1O[C@@H](n2cnc3c(=O)[nH]c(N)nc32)C(O)[C@H]1OC(C)(C)C. The maximum Gasteiger partial charge on any atom is 0.280 e. The molecule has 4 N–H and O–H groups in total. The number of rotatable bonds is 3. The number of ether oxygens (including phenoxy) is 2. The standard InChI is InChI=1S/C18H29N5O4/c1-17(2,3)7-9-12(27-18(4,5)6)11(24)15(26-9)23-8-20-10-13(23)21-16(19)22-14(10)25/h8-9,11-12,15,24H,7H2,1-6H3,(H3,19,21,22,25)/t9-,11?,12+,15-/m1/s1. The van der Waals surface area contributed by atoms with Crippen molar-refractivity contribution >= 4 is 17.1 Å². The lowest BCUT2D eigenvalue weighted by molar-refractivity contribution is -0.117. The summed E-state index contributed by atoms with van der Waals surface area (Å²) in [5.74, 6) is -0.0181. The van der Waals surface area contributed by atoms with Gasteiger partial charge in [0.15, 0.2) is 17.4 Å². The number of nitrogen functional groups attached to an aromatic ring is 1. The maximum atomic E-state index is 12.0. The van der Waals surface area contributed by atoms with E-state index in [1.54, 1.807) is 4.57 Å². The van der Waals surface area contributed by atoms with E-state index < -0.39 is 29.6 Å². The predicted octanol–water partition coefficient (Wildman–Crippen LogP) is 1.58. The number of nitrogens with zero attached hydrogens (tertiary/aromatic N) is 3. The number of nitrogens with two attached hydrogens (primary N) is 1. The fraction of sp³-hybridized carbons (Fsp3) is 0.722. The highest BCUT2D eigenvalue weighted by atomic mass is 16.6. The summed E-state index contributed by atoms with van der Waals surface area (Å²) in [6, 6.07) is 0. The fourth-order valence-corrected chi connectivity index (χ4v) is 3.40. The quantitative estimate of drug-likeness (QED) is 0.738. The third-order valence-electron chi connectivity index (χ3n) is 4.34. The number of H-pyrrole nitrogens is 1. The van der Waals surface area contributed by atoms with Crippen molar-refractivity contribution < 1.29 is 14.6 Å². The van der Waals surface area contributed by atoms with Gasteiger partial charge in [-0.1, -0.05) is 20.8 Å². The molecule has 0 spiro atoms. The third-order valence-corrected chi connectivity index (χ3v) is 4.34. The molecule has 4 atom stereocenters. The molecule has 1 aliphatic heterocycles. The van der Waals surface area contributed by atoms with Gasteiger partial charge in [-0.2, -0.15) is 4.98 Å². The lowest BCUT2D eigenvalue weighted by Gasteiger charge is -2.32. The van der Waals surface area contributed by atoms with Crippen molar-refractivity contribution in [2.24, 2.45) is 5.41 Å². The van der Waals surface area contributed by atoms with Gasteiger partial charge in [-0.15, -0.1) is 0 Å². The van der Waals surface area contributed by atoms with Crippen LogP contribution in [0.4, 0.5) is 5.95 Å². The zero-order valence-corrected chi connectivity index (χ0v) is 16.7. The van der Waals surface area contributed by atoms with E-state index in [2.05, 4.69) is 35.7 Å². The first-order valence-corrected chi connectivity index (χ1v) is 9.09. The van der Waals surface area contributed by atoms with Gasteiger partial charge >= 0.3 is 0 Å². The van der Waals surface area contributed by atoms with Crippen LogP contribution in [0.5, 0.6) is 0 Å². The van der Waals surface area contributed by atoms with E-state index in [1.165, 1.54) is 6.33 Å². The van der Waals surface area contributed by atoms with Crippen LogP contribution in [0.2, 0.25) is 0 Å². The summed E-state index contributed by atoms with van der Waals surface area (Å²) in [4.78, 5) is 22.7. The molecule has 9 heteroatoms. The van der Waals surface area contributed by atoms with Crippen LogP contribution in [0.3, 0.4) is 0 Å². The molecule has 27 heavy (non-hydrogen) atoms. The number of hydrogen-bond acceptors (Lipinski definition) is 7. The second-order valence-corrected chi connectivity index (χ2v) is 9.29. The molecule has 2 aromatic heterocycles. The molecule has 2 aromatic rings. The number of aromatic nitrogens is 4. The van der Waals surface area contributed by atoms with Gasteiger partial charge in [-0.05, 0) is 32.6 Å². The Bertz CT molecular complexity index is 876. The fourth-order valence-electron chi connectivity index (χ4n) is 3.40. The Morgan fingerprint density at radius 1 is 1.33 bits per heavy atom. The number of aliphatic hydroxyl groups is 1. The number of hydrogen-bond donors (Lipinski definition) is 3. The van der Waals surface area contributed by atoms with Crippen LogP contribution in [0.1, 0.15) is 54.2 Å². The van der Waals surface area contributed by atoms with Crippen molar-refractivity contribution in [3.05, 3.63) is 16.7 Å². The Morgan fingerprint density at radius 3 is 2.59 bits per heavy atom. The first-order valence-electron chi connectivity index (χ1n) is 9.09. The molecule has 0 amide bonds. The lowest BCUT2D eigenvalue weighted by Crippen LogP contribution is -2.41. The highest BCUT2D eigenvalue weighted by Gasteiger charge is 2.48. The van der Waals surface area contributed by atoms with Crippen molar-refractivity contribution in [1.29, 1.82) is 0 Å². The van der Waals surface area contributed by atoms with E-state index in [-0.39, 0.29) is 28.6 Å². The predicted molar refractivity (Wildman–Crippen MR) is 101 cm³/mol. The number of aromatic amines is 1. The second kappa shape index (κ2) is 6.57. The number of nitrogens with one attached hydrogen (secondary N) is 1. The molecular weight excluding hydrogens is 350 g/mol. The molecular formula is C18H29N5O4.